The second-order valence-electron chi connectivity index (χ2n) is 7.51. The molecule has 0 saturated heterocycles. The van der Waals surface area contributed by atoms with Crippen LogP contribution in [0, 0.1) is 5.92 Å². The van der Waals surface area contributed by atoms with Crippen LogP contribution in [0.15, 0.2) is 41.5 Å². The van der Waals surface area contributed by atoms with Crippen LogP contribution in [0.25, 0.3) is 20.7 Å². The Bertz CT molecular complexity index is 1070. The average Bonchev–Trinajstić information content (AvgIpc) is 3.45. The van der Waals surface area contributed by atoms with Gasteiger partial charge in [0.2, 0.25) is 5.91 Å². The Morgan fingerprint density at radius 1 is 1.31 bits per heavy atom. The second-order valence-corrected chi connectivity index (χ2v) is 8.57. The number of amides is 1. The van der Waals surface area contributed by atoms with E-state index in [1.165, 1.54) is 35.1 Å². The van der Waals surface area contributed by atoms with E-state index in [1.54, 1.807) is 7.11 Å². The molecule has 4 rings (SSSR count). The van der Waals surface area contributed by atoms with Gasteiger partial charge >= 0.3 is 0 Å². The molecule has 0 N–H and O–H groups in total. The highest BCUT2D eigenvalue weighted by atomic mass is 32.1. The van der Waals surface area contributed by atoms with Gasteiger partial charge in [-0.05, 0) is 61.1 Å². The monoisotopic (exact) mass is 411 g/mol. The molecule has 1 saturated carbocycles. The first kappa shape index (κ1) is 19.6. The van der Waals surface area contributed by atoms with Gasteiger partial charge in [0.05, 0.1) is 19.0 Å². The summed E-state index contributed by atoms with van der Waals surface area (Å²) in [6.07, 6.45) is 4.81. The molecule has 7 heteroatoms. The smallest absolute Gasteiger partial charge is 0.271 e. The summed E-state index contributed by atoms with van der Waals surface area (Å²) >= 11 is 1.41. The fraction of sp³-hybridized carbons (Fsp3) is 0.409. The van der Waals surface area contributed by atoms with Crippen molar-refractivity contribution in [3.05, 3.63) is 47.0 Å². The predicted octanol–water partition coefficient (Wildman–Crippen LogP) is 3.78. The Morgan fingerprint density at radius 2 is 2.07 bits per heavy atom. The molecule has 1 amide bonds. The molecular formula is C22H25N3O3S. The van der Waals surface area contributed by atoms with E-state index >= 15 is 0 Å². The largest absolute Gasteiger partial charge is 0.497 e. The highest BCUT2D eigenvalue weighted by Gasteiger charge is 2.26. The topological polar surface area (TPSA) is 64.4 Å². The molecule has 1 aromatic carbocycles. The Morgan fingerprint density at radius 3 is 2.72 bits per heavy atom. The quantitative estimate of drug-likeness (QED) is 0.566. The number of hydrogen-bond donors (Lipinski definition) is 0. The summed E-state index contributed by atoms with van der Waals surface area (Å²) in [5, 5.41) is 0. The number of methoxy groups -OCH3 is 1. The van der Waals surface area contributed by atoms with Gasteiger partial charge in [-0.15, -0.1) is 11.3 Å². The summed E-state index contributed by atoms with van der Waals surface area (Å²) in [4.78, 5) is 33.0. The van der Waals surface area contributed by atoms with Gasteiger partial charge in [-0.2, -0.15) is 0 Å². The predicted molar refractivity (Wildman–Crippen MR) is 115 cm³/mol. The minimum Gasteiger partial charge on any atom is -0.497 e. The van der Waals surface area contributed by atoms with E-state index in [0.717, 1.165) is 35.7 Å². The Kier molecular flexibility index (Phi) is 5.67. The normalized spacial score (nSPS) is 13.6. The van der Waals surface area contributed by atoms with E-state index in [0.29, 0.717) is 16.1 Å². The summed E-state index contributed by atoms with van der Waals surface area (Å²) in [7, 11) is 1.63. The fourth-order valence-corrected chi connectivity index (χ4v) is 4.47. The molecule has 2 heterocycles. The van der Waals surface area contributed by atoms with Crippen LogP contribution in [-0.4, -0.2) is 40.6 Å². The summed E-state index contributed by atoms with van der Waals surface area (Å²) < 4.78 is 7.22. The molecule has 2 aromatic heterocycles. The lowest BCUT2D eigenvalue weighted by Gasteiger charge is -2.22. The number of benzene rings is 1. The van der Waals surface area contributed by atoms with Gasteiger partial charge in [0.1, 0.15) is 17.0 Å². The van der Waals surface area contributed by atoms with Crippen LogP contribution in [0.2, 0.25) is 0 Å². The van der Waals surface area contributed by atoms with Crippen molar-refractivity contribution < 1.29 is 9.53 Å². The molecule has 3 aromatic rings. The number of carbonyl (C=O) groups excluding carboxylic acids is 1. The van der Waals surface area contributed by atoms with Crippen molar-refractivity contribution in [2.24, 2.45) is 5.92 Å². The lowest BCUT2D eigenvalue weighted by Crippen LogP contribution is -2.38. The molecule has 1 aliphatic rings. The van der Waals surface area contributed by atoms with E-state index in [9.17, 15) is 9.59 Å². The number of rotatable bonds is 8. The first-order valence-electron chi connectivity index (χ1n) is 10.00. The Hall–Kier alpha value is -2.67. The molecule has 0 spiro atoms. The maximum absolute atomic E-state index is 13.0. The molecule has 0 bridgehead atoms. The fourth-order valence-electron chi connectivity index (χ4n) is 3.40. The zero-order valence-electron chi connectivity index (χ0n) is 16.8. The number of fused-ring (bicyclic) bond motifs is 1. The van der Waals surface area contributed by atoms with Gasteiger partial charge < -0.3 is 9.64 Å². The summed E-state index contributed by atoms with van der Waals surface area (Å²) in [5.41, 5.74) is 1.52. The molecule has 0 unspecified atom stereocenters. The van der Waals surface area contributed by atoms with Gasteiger partial charge in [-0.1, -0.05) is 6.92 Å². The SMILES string of the molecule is CCCN(CC1CC1)C(=O)Cn1cnc2cc(-c3ccc(OC)cc3)sc2c1=O. The van der Waals surface area contributed by atoms with E-state index in [4.69, 9.17) is 4.74 Å². The van der Waals surface area contributed by atoms with E-state index in [2.05, 4.69) is 11.9 Å². The Labute approximate surface area is 173 Å². The lowest BCUT2D eigenvalue weighted by atomic mass is 10.2. The van der Waals surface area contributed by atoms with Crippen LogP contribution in [0.3, 0.4) is 0 Å². The van der Waals surface area contributed by atoms with Gasteiger partial charge in [-0.25, -0.2) is 4.98 Å². The van der Waals surface area contributed by atoms with Crippen LogP contribution in [0.4, 0.5) is 0 Å². The molecule has 1 aliphatic carbocycles. The highest BCUT2D eigenvalue weighted by molar-refractivity contribution is 7.22. The molecule has 0 atom stereocenters. The third-order valence-corrected chi connectivity index (χ3v) is 6.37. The molecular weight excluding hydrogens is 386 g/mol. The third-order valence-electron chi connectivity index (χ3n) is 5.21. The third kappa shape index (κ3) is 4.34. The molecule has 0 aliphatic heterocycles. The van der Waals surface area contributed by atoms with Gasteiger partial charge in [0.25, 0.3) is 5.56 Å². The van der Waals surface area contributed by atoms with E-state index in [-0.39, 0.29) is 18.0 Å². The standard InChI is InChI=1S/C22H25N3O3S/c1-3-10-24(12-15-4-5-15)20(26)13-25-14-23-18-11-19(29-21(18)22(25)27)16-6-8-17(28-2)9-7-16/h6-9,11,14-15H,3-5,10,12-13H2,1-2H3. The summed E-state index contributed by atoms with van der Waals surface area (Å²) in [6.45, 7) is 3.65. The maximum atomic E-state index is 13.0. The number of nitrogens with zero attached hydrogens (tertiary/aromatic N) is 3. The van der Waals surface area contributed by atoms with Crippen molar-refractivity contribution in [1.82, 2.24) is 14.5 Å². The van der Waals surface area contributed by atoms with Gasteiger partial charge in [0.15, 0.2) is 0 Å². The second kappa shape index (κ2) is 8.37. The molecule has 29 heavy (non-hydrogen) atoms. The van der Waals surface area contributed by atoms with Crippen LogP contribution in [-0.2, 0) is 11.3 Å². The first-order valence-corrected chi connectivity index (χ1v) is 10.8. The minimum absolute atomic E-state index is 0.00562. The number of hydrogen-bond acceptors (Lipinski definition) is 5. The van der Waals surface area contributed by atoms with Crippen molar-refractivity contribution in [2.45, 2.75) is 32.7 Å². The zero-order chi connectivity index (χ0) is 20.4. The van der Waals surface area contributed by atoms with Crippen LogP contribution in [0.1, 0.15) is 26.2 Å². The molecule has 6 nitrogen and oxygen atoms in total. The maximum Gasteiger partial charge on any atom is 0.271 e. The minimum atomic E-state index is -0.156. The van der Waals surface area contributed by atoms with Crippen molar-refractivity contribution in [1.29, 1.82) is 0 Å². The van der Waals surface area contributed by atoms with Crippen LogP contribution >= 0.6 is 11.3 Å². The lowest BCUT2D eigenvalue weighted by molar-refractivity contribution is -0.132. The van der Waals surface area contributed by atoms with Gasteiger partial charge in [-0.3, -0.25) is 14.2 Å². The number of thiophene rings is 1. The van der Waals surface area contributed by atoms with E-state index < -0.39 is 0 Å². The van der Waals surface area contributed by atoms with E-state index in [1.807, 2.05) is 35.2 Å². The zero-order valence-corrected chi connectivity index (χ0v) is 17.6. The average molecular weight is 412 g/mol. The van der Waals surface area contributed by atoms with Crippen molar-refractivity contribution in [2.75, 3.05) is 20.2 Å². The van der Waals surface area contributed by atoms with Crippen molar-refractivity contribution >= 4 is 27.5 Å². The highest BCUT2D eigenvalue weighted by Crippen LogP contribution is 2.32. The number of ether oxygens (including phenoxy) is 1. The van der Waals surface area contributed by atoms with Gasteiger partial charge in [0, 0.05) is 18.0 Å². The van der Waals surface area contributed by atoms with Crippen LogP contribution in [0.5, 0.6) is 5.75 Å². The first-order chi connectivity index (χ1) is 14.1. The molecule has 152 valence electrons. The van der Waals surface area contributed by atoms with Crippen LogP contribution < -0.4 is 10.3 Å². The van der Waals surface area contributed by atoms with Crippen molar-refractivity contribution in [3.63, 3.8) is 0 Å². The summed E-state index contributed by atoms with van der Waals surface area (Å²) in [5.74, 6) is 1.41. The molecule has 0 radical (unpaired) electrons. The number of carbonyl (C=O) groups is 1. The summed E-state index contributed by atoms with van der Waals surface area (Å²) in [6, 6.07) is 9.64. The van der Waals surface area contributed by atoms with Crippen molar-refractivity contribution in [3.8, 4) is 16.2 Å². The molecule has 1 fully saturated rings. The number of aromatic nitrogens is 2. The Balaban J connectivity index is 1.58.